The van der Waals surface area contributed by atoms with Crippen LogP contribution >= 0.6 is 11.3 Å². The molecule has 5 rings (SSSR count). The molecule has 0 saturated carbocycles. The summed E-state index contributed by atoms with van der Waals surface area (Å²) in [6, 6.07) is 10.8. The van der Waals surface area contributed by atoms with Crippen LogP contribution in [-0.2, 0) is 0 Å². The van der Waals surface area contributed by atoms with Gasteiger partial charge in [0.2, 0.25) is 0 Å². The predicted molar refractivity (Wildman–Crippen MR) is 123 cm³/mol. The number of carboxylic acid groups (broad SMARTS) is 1. The first-order chi connectivity index (χ1) is 16.3. The number of nitrogens with zero attached hydrogens (tertiary/aromatic N) is 2. The highest BCUT2D eigenvalue weighted by atomic mass is 32.1. The van der Waals surface area contributed by atoms with Gasteiger partial charge in [0.25, 0.3) is 11.5 Å². The summed E-state index contributed by atoms with van der Waals surface area (Å²) in [6.45, 7) is 0. The summed E-state index contributed by atoms with van der Waals surface area (Å²) in [7, 11) is 1.26. The van der Waals surface area contributed by atoms with Crippen molar-refractivity contribution in [1.82, 2.24) is 14.1 Å². The molecule has 2 N–H and O–H groups in total. The number of methoxy groups -OCH3 is 1. The Bertz CT molecular complexity index is 1760. The number of aromatic nitrogens is 3. The molecule has 0 fully saturated rings. The summed E-state index contributed by atoms with van der Waals surface area (Å²) in [5, 5.41) is 11.2. The Morgan fingerprint density at radius 2 is 1.91 bits per heavy atom. The zero-order chi connectivity index (χ0) is 24.1. The zero-order valence-corrected chi connectivity index (χ0v) is 18.2. The van der Waals surface area contributed by atoms with E-state index in [1.165, 1.54) is 17.1 Å². The number of hydrogen-bond donors (Lipinski definition) is 2. The van der Waals surface area contributed by atoms with Crippen molar-refractivity contribution in [3.8, 4) is 11.4 Å². The Morgan fingerprint density at radius 1 is 1.15 bits per heavy atom. The first-order valence-corrected chi connectivity index (χ1v) is 10.7. The third-order valence-corrected chi connectivity index (χ3v) is 6.37. The number of aromatic carboxylic acids is 1. The maximum atomic E-state index is 15.1. The van der Waals surface area contributed by atoms with E-state index in [-0.39, 0.29) is 27.1 Å². The lowest BCUT2D eigenvalue weighted by molar-refractivity contribution is 0.0703. The molecular formula is C23H14FN3O6S. The lowest BCUT2D eigenvalue weighted by Crippen LogP contribution is -2.34. The number of halogens is 1. The molecule has 3 heterocycles. The highest BCUT2D eigenvalue weighted by Crippen LogP contribution is 2.28. The molecule has 0 saturated heterocycles. The van der Waals surface area contributed by atoms with Gasteiger partial charge in [-0.2, -0.15) is 0 Å². The van der Waals surface area contributed by atoms with Crippen LogP contribution in [0.15, 0.2) is 63.6 Å². The molecule has 0 aliphatic rings. The molecule has 5 aromatic rings. The van der Waals surface area contributed by atoms with Crippen molar-refractivity contribution in [2.75, 3.05) is 7.11 Å². The van der Waals surface area contributed by atoms with Crippen molar-refractivity contribution < 1.29 is 23.8 Å². The number of hydrogen-bond acceptors (Lipinski definition) is 6. The Labute approximate surface area is 192 Å². The summed E-state index contributed by atoms with van der Waals surface area (Å²) >= 11 is 0.761. The van der Waals surface area contributed by atoms with Crippen LogP contribution in [0.2, 0.25) is 0 Å². The number of rotatable bonds is 4. The molecule has 0 radical (unpaired) electrons. The van der Waals surface area contributed by atoms with Crippen LogP contribution in [0, 0.1) is 5.82 Å². The number of benzene rings is 2. The number of fused-ring (bicyclic) bond motifs is 2. The average Bonchev–Trinajstić information content (AvgIpc) is 3.44. The van der Waals surface area contributed by atoms with Gasteiger partial charge in [-0.3, -0.25) is 14.2 Å². The molecule has 0 unspecified atom stereocenters. The largest absolute Gasteiger partial charge is 0.496 e. The molecule has 9 nitrogen and oxygen atoms in total. The lowest BCUT2D eigenvalue weighted by Gasteiger charge is -2.13. The van der Waals surface area contributed by atoms with Gasteiger partial charge in [0.1, 0.15) is 10.6 Å². The molecular weight excluding hydrogens is 465 g/mol. The SMILES string of the molecule is COc1cc(F)c(-n2c(=O)[nH]c3csc(C(=O)O)c3c2=O)cc1C(=O)n1ccc2ccccc21. The summed E-state index contributed by atoms with van der Waals surface area (Å²) in [4.78, 5) is 52.8. The molecule has 0 aliphatic heterocycles. The second kappa shape index (κ2) is 7.81. The Hall–Kier alpha value is -4.51. The zero-order valence-electron chi connectivity index (χ0n) is 17.4. The van der Waals surface area contributed by atoms with Crippen molar-refractivity contribution in [3.05, 3.63) is 91.1 Å². The van der Waals surface area contributed by atoms with E-state index in [1.807, 2.05) is 12.1 Å². The first kappa shape index (κ1) is 21.3. The molecule has 0 spiro atoms. The van der Waals surface area contributed by atoms with Gasteiger partial charge in [-0.25, -0.2) is 18.5 Å². The van der Waals surface area contributed by atoms with Crippen LogP contribution in [0.4, 0.5) is 4.39 Å². The summed E-state index contributed by atoms with van der Waals surface area (Å²) in [5.41, 5.74) is -2.00. The maximum Gasteiger partial charge on any atom is 0.346 e. The minimum atomic E-state index is -1.36. The van der Waals surface area contributed by atoms with Gasteiger partial charge in [0, 0.05) is 23.0 Å². The number of carbonyl (C=O) groups excluding carboxylic acids is 1. The first-order valence-electron chi connectivity index (χ1n) is 9.80. The number of H-pyrrole nitrogens is 1. The second-order valence-electron chi connectivity index (χ2n) is 7.28. The van der Waals surface area contributed by atoms with E-state index in [1.54, 1.807) is 24.4 Å². The van der Waals surface area contributed by atoms with Crippen molar-refractivity contribution in [2.45, 2.75) is 0 Å². The van der Waals surface area contributed by atoms with Gasteiger partial charge in [0.05, 0.1) is 34.8 Å². The standard InChI is InChI=1S/C23H14FN3O6S/c1-33-17-9-13(24)16(8-12(17)20(28)26-7-6-11-4-2-3-5-15(11)26)27-21(29)18-14(25-23(27)32)10-34-19(18)22(30)31/h2-10H,1H3,(H,25,32)(H,30,31). The van der Waals surface area contributed by atoms with Crippen molar-refractivity contribution in [3.63, 3.8) is 0 Å². The van der Waals surface area contributed by atoms with E-state index in [2.05, 4.69) is 4.98 Å². The maximum absolute atomic E-state index is 15.1. The fourth-order valence-corrected chi connectivity index (χ4v) is 4.68. The van der Waals surface area contributed by atoms with E-state index in [4.69, 9.17) is 4.74 Å². The number of aromatic amines is 1. The van der Waals surface area contributed by atoms with Crippen LogP contribution in [0.5, 0.6) is 5.75 Å². The Kier molecular flexibility index (Phi) is 4.91. The molecule has 170 valence electrons. The minimum absolute atomic E-state index is 0.0256. The van der Waals surface area contributed by atoms with Crippen LogP contribution in [0.1, 0.15) is 20.0 Å². The fraction of sp³-hybridized carbons (Fsp3) is 0.0435. The van der Waals surface area contributed by atoms with E-state index in [0.717, 1.165) is 28.9 Å². The van der Waals surface area contributed by atoms with Crippen LogP contribution in [-0.4, -0.2) is 38.2 Å². The number of ether oxygens (including phenoxy) is 1. The number of nitrogens with one attached hydrogen (secondary N) is 1. The topological polar surface area (TPSA) is 123 Å². The predicted octanol–water partition coefficient (Wildman–Crippen LogP) is 3.23. The van der Waals surface area contributed by atoms with Gasteiger partial charge in [0.15, 0.2) is 5.82 Å². The highest BCUT2D eigenvalue weighted by molar-refractivity contribution is 7.13. The van der Waals surface area contributed by atoms with Gasteiger partial charge < -0.3 is 14.8 Å². The summed E-state index contributed by atoms with van der Waals surface area (Å²) in [6.07, 6.45) is 1.55. The number of carboxylic acids is 1. The van der Waals surface area contributed by atoms with Gasteiger partial charge in [-0.05, 0) is 18.2 Å². The number of para-hydroxylation sites is 1. The minimum Gasteiger partial charge on any atom is -0.496 e. The molecule has 0 amide bonds. The Morgan fingerprint density at radius 3 is 2.65 bits per heavy atom. The van der Waals surface area contributed by atoms with E-state index < -0.39 is 34.6 Å². The molecule has 0 aliphatic carbocycles. The average molecular weight is 479 g/mol. The fourth-order valence-electron chi connectivity index (χ4n) is 3.85. The molecule has 2 aromatic carbocycles. The van der Waals surface area contributed by atoms with E-state index in [0.29, 0.717) is 10.1 Å². The highest BCUT2D eigenvalue weighted by Gasteiger charge is 2.24. The number of carbonyl (C=O) groups is 2. The van der Waals surface area contributed by atoms with E-state index in [9.17, 15) is 24.3 Å². The monoisotopic (exact) mass is 479 g/mol. The molecule has 0 bridgehead atoms. The van der Waals surface area contributed by atoms with Gasteiger partial charge >= 0.3 is 11.7 Å². The molecule has 0 atom stereocenters. The van der Waals surface area contributed by atoms with Crippen LogP contribution < -0.4 is 16.0 Å². The third kappa shape index (κ3) is 3.13. The number of thiophene rings is 1. The van der Waals surface area contributed by atoms with E-state index >= 15 is 4.39 Å². The van der Waals surface area contributed by atoms with Crippen LogP contribution in [0.25, 0.3) is 27.5 Å². The van der Waals surface area contributed by atoms with Crippen molar-refractivity contribution >= 4 is 45.0 Å². The van der Waals surface area contributed by atoms with Gasteiger partial charge in [-0.1, -0.05) is 18.2 Å². The molecule has 11 heteroatoms. The van der Waals surface area contributed by atoms with Crippen molar-refractivity contribution in [1.29, 1.82) is 0 Å². The molecule has 3 aromatic heterocycles. The normalized spacial score (nSPS) is 11.2. The third-order valence-electron chi connectivity index (χ3n) is 5.41. The summed E-state index contributed by atoms with van der Waals surface area (Å²) in [5.74, 6) is -3.05. The quantitative estimate of drug-likeness (QED) is 0.408. The lowest BCUT2D eigenvalue weighted by atomic mass is 10.1. The molecule has 34 heavy (non-hydrogen) atoms. The van der Waals surface area contributed by atoms with Gasteiger partial charge in [-0.15, -0.1) is 11.3 Å². The van der Waals surface area contributed by atoms with Crippen LogP contribution in [0.3, 0.4) is 0 Å². The van der Waals surface area contributed by atoms with Crippen molar-refractivity contribution in [2.24, 2.45) is 0 Å². The Balaban J connectivity index is 1.77. The summed E-state index contributed by atoms with van der Waals surface area (Å²) < 4.78 is 22.1. The second-order valence-corrected chi connectivity index (χ2v) is 8.16. The smallest absolute Gasteiger partial charge is 0.346 e.